The van der Waals surface area contributed by atoms with Gasteiger partial charge in [-0.25, -0.2) is 0 Å². The summed E-state index contributed by atoms with van der Waals surface area (Å²) >= 11 is 3.85. The van der Waals surface area contributed by atoms with Gasteiger partial charge in [0.15, 0.2) is 0 Å². The third-order valence-electron chi connectivity index (χ3n) is 3.55. The van der Waals surface area contributed by atoms with E-state index in [4.69, 9.17) is 0 Å². The third kappa shape index (κ3) is 2.59. The number of hydrogen-bond donors (Lipinski definition) is 1. The molecule has 1 saturated carbocycles. The number of rotatable bonds is 4. The second-order valence-corrected chi connectivity index (χ2v) is 7.64. The highest BCUT2D eigenvalue weighted by atomic mass is 127. The third-order valence-corrected chi connectivity index (χ3v) is 5.34. The van der Waals surface area contributed by atoms with Gasteiger partial charge in [-0.3, -0.25) is 4.79 Å². The van der Waals surface area contributed by atoms with Crippen molar-refractivity contribution >= 4 is 39.8 Å². The standard InChI is InChI=1S/C12H16INOS/c1-8(2)12(3-4-12)7-14-11(15)9-5-10(13)16-6-9/h5-6,8H,3-4,7H2,1-2H3,(H,14,15). The van der Waals surface area contributed by atoms with E-state index in [1.807, 2.05) is 11.4 Å². The zero-order chi connectivity index (χ0) is 11.8. The Kier molecular flexibility index (Phi) is 3.59. The van der Waals surface area contributed by atoms with Gasteiger partial charge in [0.25, 0.3) is 5.91 Å². The predicted molar refractivity (Wildman–Crippen MR) is 75.9 cm³/mol. The summed E-state index contributed by atoms with van der Waals surface area (Å²) < 4.78 is 1.16. The minimum atomic E-state index is 0.0751. The summed E-state index contributed by atoms with van der Waals surface area (Å²) in [5.74, 6) is 0.738. The second-order valence-electron chi connectivity index (χ2n) is 4.84. The highest BCUT2D eigenvalue weighted by Crippen LogP contribution is 2.51. The molecule has 1 N–H and O–H groups in total. The zero-order valence-corrected chi connectivity index (χ0v) is 12.5. The molecule has 0 spiro atoms. The largest absolute Gasteiger partial charge is 0.351 e. The summed E-state index contributed by atoms with van der Waals surface area (Å²) in [7, 11) is 0. The van der Waals surface area contributed by atoms with Crippen LogP contribution in [0.5, 0.6) is 0 Å². The van der Waals surface area contributed by atoms with Gasteiger partial charge in [-0.15, -0.1) is 11.3 Å². The maximum atomic E-state index is 11.8. The molecule has 1 fully saturated rings. The summed E-state index contributed by atoms with van der Waals surface area (Å²) in [4.78, 5) is 11.8. The van der Waals surface area contributed by atoms with Crippen molar-refractivity contribution in [3.63, 3.8) is 0 Å². The molecule has 16 heavy (non-hydrogen) atoms. The van der Waals surface area contributed by atoms with Crippen LogP contribution in [0.3, 0.4) is 0 Å². The molecule has 88 valence electrons. The molecule has 1 amide bonds. The lowest BCUT2D eigenvalue weighted by atomic mass is 9.92. The minimum Gasteiger partial charge on any atom is -0.351 e. The van der Waals surface area contributed by atoms with Crippen molar-refractivity contribution < 1.29 is 4.79 Å². The lowest BCUT2D eigenvalue weighted by Gasteiger charge is -2.19. The molecule has 1 heterocycles. The summed E-state index contributed by atoms with van der Waals surface area (Å²) in [6.45, 7) is 5.31. The molecule has 0 unspecified atom stereocenters. The summed E-state index contributed by atoms with van der Waals surface area (Å²) in [6.07, 6.45) is 2.51. The van der Waals surface area contributed by atoms with E-state index in [2.05, 4.69) is 41.8 Å². The van der Waals surface area contributed by atoms with Crippen LogP contribution in [0.1, 0.15) is 37.0 Å². The van der Waals surface area contributed by atoms with Crippen LogP contribution in [0.4, 0.5) is 0 Å². The van der Waals surface area contributed by atoms with E-state index >= 15 is 0 Å². The fraction of sp³-hybridized carbons (Fsp3) is 0.583. The van der Waals surface area contributed by atoms with Gasteiger partial charge in [0.2, 0.25) is 0 Å². The molecule has 0 radical (unpaired) electrons. The van der Waals surface area contributed by atoms with Crippen molar-refractivity contribution in [2.75, 3.05) is 6.54 Å². The molecule has 0 aromatic carbocycles. The molecule has 0 saturated heterocycles. The maximum Gasteiger partial charge on any atom is 0.252 e. The number of halogens is 1. The van der Waals surface area contributed by atoms with E-state index in [9.17, 15) is 4.79 Å². The van der Waals surface area contributed by atoms with Crippen LogP contribution in [0.15, 0.2) is 11.4 Å². The highest BCUT2D eigenvalue weighted by molar-refractivity contribution is 14.1. The van der Waals surface area contributed by atoms with E-state index in [0.717, 1.165) is 15.0 Å². The minimum absolute atomic E-state index is 0.0751. The van der Waals surface area contributed by atoms with Gasteiger partial charge in [-0.2, -0.15) is 0 Å². The zero-order valence-electron chi connectivity index (χ0n) is 9.55. The van der Waals surface area contributed by atoms with E-state index in [-0.39, 0.29) is 5.91 Å². The van der Waals surface area contributed by atoms with Gasteiger partial charge in [-0.05, 0) is 52.8 Å². The Labute approximate surface area is 114 Å². The lowest BCUT2D eigenvalue weighted by Crippen LogP contribution is -2.32. The van der Waals surface area contributed by atoms with Crippen molar-refractivity contribution in [2.24, 2.45) is 11.3 Å². The molecule has 0 aliphatic heterocycles. The fourth-order valence-electron chi connectivity index (χ4n) is 1.91. The monoisotopic (exact) mass is 349 g/mol. The number of nitrogens with one attached hydrogen (secondary N) is 1. The van der Waals surface area contributed by atoms with E-state index in [0.29, 0.717) is 11.3 Å². The SMILES string of the molecule is CC(C)C1(CNC(=O)c2csc(I)c2)CC1. The average Bonchev–Trinajstić information content (AvgIpc) is 2.92. The van der Waals surface area contributed by atoms with Gasteiger partial charge in [0.1, 0.15) is 0 Å². The highest BCUT2D eigenvalue weighted by Gasteiger charge is 2.45. The van der Waals surface area contributed by atoms with Crippen molar-refractivity contribution in [1.82, 2.24) is 5.32 Å². The first-order valence-electron chi connectivity index (χ1n) is 5.56. The van der Waals surface area contributed by atoms with Crippen LogP contribution < -0.4 is 5.32 Å². The van der Waals surface area contributed by atoms with Gasteiger partial charge in [-0.1, -0.05) is 13.8 Å². The van der Waals surface area contributed by atoms with Gasteiger partial charge in [0, 0.05) is 11.9 Å². The van der Waals surface area contributed by atoms with Gasteiger partial charge in [0.05, 0.1) is 8.45 Å². The summed E-state index contributed by atoms with van der Waals surface area (Å²) in [5.41, 5.74) is 1.19. The molecule has 2 rings (SSSR count). The predicted octanol–water partition coefficient (Wildman–Crippen LogP) is 3.52. The number of carbonyl (C=O) groups is 1. The normalized spacial score (nSPS) is 17.5. The van der Waals surface area contributed by atoms with Crippen LogP contribution in [0.25, 0.3) is 0 Å². The Morgan fingerprint density at radius 1 is 1.62 bits per heavy atom. The molecule has 4 heteroatoms. The van der Waals surface area contributed by atoms with Crippen LogP contribution >= 0.6 is 33.9 Å². The number of thiophene rings is 1. The summed E-state index contributed by atoms with van der Waals surface area (Å²) in [5, 5.41) is 4.98. The molecular weight excluding hydrogens is 333 g/mol. The first-order valence-corrected chi connectivity index (χ1v) is 7.51. The number of hydrogen-bond acceptors (Lipinski definition) is 2. The molecule has 1 aromatic heterocycles. The topological polar surface area (TPSA) is 29.1 Å². The number of carbonyl (C=O) groups excluding carboxylic acids is 1. The van der Waals surface area contributed by atoms with Crippen molar-refractivity contribution in [1.29, 1.82) is 0 Å². The smallest absolute Gasteiger partial charge is 0.252 e. The molecule has 1 aromatic rings. The number of amides is 1. The fourth-order valence-corrected chi connectivity index (χ4v) is 3.23. The Hall–Kier alpha value is -0.100. The quantitative estimate of drug-likeness (QED) is 0.828. The Morgan fingerprint density at radius 2 is 2.31 bits per heavy atom. The van der Waals surface area contributed by atoms with E-state index in [1.54, 1.807) is 11.3 Å². The van der Waals surface area contributed by atoms with Crippen LogP contribution in [-0.4, -0.2) is 12.5 Å². The molecule has 1 aliphatic rings. The van der Waals surface area contributed by atoms with Gasteiger partial charge >= 0.3 is 0 Å². The van der Waals surface area contributed by atoms with Gasteiger partial charge < -0.3 is 5.32 Å². The first kappa shape index (κ1) is 12.4. The average molecular weight is 349 g/mol. The second kappa shape index (κ2) is 4.64. The lowest BCUT2D eigenvalue weighted by molar-refractivity contribution is 0.0940. The Balaban J connectivity index is 1.89. The molecular formula is C12H16INOS. The molecule has 0 atom stereocenters. The molecule has 0 bridgehead atoms. The van der Waals surface area contributed by atoms with Crippen molar-refractivity contribution in [3.05, 3.63) is 19.9 Å². The Morgan fingerprint density at radius 3 is 2.75 bits per heavy atom. The van der Waals surface area contributed by atoms with Crippen LogP contribution in [0.2, 0.25) is 0 Å². The van der Waals surface area contributed by atoms with Crippen molar-refractivity contribution in [3.8, 4) is 0 Å². The molecule has 2 nitrogen and oxygen atoms in total. The Bertz CT molecular complexity index is 395. The maximum absolute atomic E-state index is 11.8. The first-order chi connectivity index (χ1) is 7.53. The van der Waals surface area contributed by atoms with E-state index in [1.165, 1.54) is 12.8 Å². The van der Waals surface area contributed by atoms with E-state index < -0.39 is 0 Å². The van der Waals surface area contributed by atoms with Crippen LogP contribution in [-0.2, 0) is 0 Å². The summed E-state index contributed by atoms with van der Waals surface area (Å²) in [6, 6.07) is 1.94. The van der Waals surface area contributed by atoms with Crippen molar-refractivity contribution in [2.45, 2.75) is 26.7 Å². The van der Waals surface area contributed by atoms with Crippen LogP contribution in [0, 0.1) is 14.2 Å². The molecule has 1 aliphatic carbocycles.